The van der Waals surface area contributed by atoms with Crippen LogP contribution in [0.2, 0.25) is 5.02 Å². The lowest BCUT2D eigenvalue weighted by Gasteiger charge is -2.43. The molecule has 0 bridgehead atoms. The normalized spacial score (nSPS) is 24.2. The van der Waals surface area contributed by atoms with Crippen LogP contribution in [0.1, 0.15) is 55.7 Å². The van der Waals surface area contributed by atoms with E-state index in [-0.39, 0.29) is 12.3 Å². The van der Waals surface area contributed by atoms with Crippen LogP contribution >= 0.6 is 11.6 Å². The van der Waals surface area contributed by atoms with E-state index in [9.17, 15) is 0 Å². The highest BCUT2D eigenvalue weighted by molar-refractivity contribution is 6.30. The number of para-hydroxylation sites is 1. The molecule has 2 aromatic carbocycles. The predicted octanol–water partition coefficient (Wildman–Crippen LogP) is 5.80. The summed E-state index contributed by atoms with van der Waals surface area (Å²) < 4.78 is 12.2. The molecule has 3 aliphatic rings. The highest BCUT2D eigenvalue weighted by Crippen LogP contribution is 2.49. The first-order chi connectivity index (χ1) is 13.7. The van der Waals surface area contributed by atoms with Gasteiger partial charge in [-0.3, -0.25) is 0 Å². The zero-order valence-electron chi connectivity index (χ0n) is 16.1. The van der Waals surface area contributed by atoms with Gasteiger partial charge >= 0.3 is 0 Å². The van der Waals surface area contributed by atoms with E-state index in [1.807, 2.05) is 24.3 Å². The molecule has 4 nitrogen and oxygen atoms in total. The average molecular weight is 397 g/mol. The van der Waals surface area contributed by atoms with Crippen LogP contribution in [0.4, 0.5) is 0 Å². The molecule has 0 radical (unpaired) electrons. The molecule has 28 heavy (non-hydrogen) atoms. The summed E-state index contributed by atoms with van der Waals surface area (Å²) in [4.78, 5) is 0. The zero-order valence-corrected chi connectivity index (χ0v) is 16.9. The lowest BCUT2D eigenvalue weighted by Crippen LogP contribution is -2.46. The van der Waals surface area contributed by atoms with Crippen molar-refractivity contribution in [2.24, 2.45) is 11.0 Å². The summed E-state index contributed by atoms with van der Waals surface area (Å²) >= 11 is 6.08. The molecule has 0 aromatic heterocycles. The summed E-state index contributed by atoms with van der Waals surface area (Å²) in [7, 11) is 1.71. The maximum Gasteiger partial charge on any atom is 0.190 e. The van der Waals surface area contributed by atoms with Crippen LogP contribution < -0.4 is 9.47 Å². The minimum atomic E-state index is -0.0288. The molecule has 0 amide bonds. The second-order valence-corrected chi connectivity index (χ2v) is 8.38. The van der Waals surface area contributed by atoms with Crippen molar-refractivity contribution in [3.63, 3.8) is 0 Å². The fourth-order valence-corrected chi connectivity index (χ4v) is 4.95. The first kappa shape index (κ1) is 17.9. The van der Waals surface area contributed by atoms with Crippen LogP contribution in [0.15, 0.2) is 47.6 Å². The monoisotopic (exact) mass is 396 g/mol. The zero-order chi connectivity index (χ0) is 19.1. The molecular formula is C23H25ClN2O2. The van der Waals surface area contributed by atoms with Crippen LogP contribution in [0.5, 0.6) is 11.5 Å². The largest absolute Gasteiger partial charge is 0.493 e. The third kappa shape index (κ3) is 3.04. The summed E-state index contributed by atoms with van der Waals surface area (Å²) in [6.45, 7) is 0. The summed E-state index contributed by atoms with van der Waals surface area (Å²) in [5, 5.41) is 8.03. The third-order valence-corrected chi connectivity index (χ3v) is 6.51. The minimum absolute atomic E-state index is 0.0288. The van der Waals surface area contributed by atoms with Crippen molar-refractivity contribution >= 4 is 17.3 Å². The van der Waals surface area contributed by atoms with Gasteiger partial charge in [0.25, 0.3) is 0 Å². The quantitative estimate of drug-likeness (QED) is 0.657. The van der Waals surface area contributed by atoms with Gasteiger partial charge in [-0.2, -0.15) is 5.10 Å². The topological polar surface area (TPSA) is 34.1 Å². The van der Waals surface area contributed by atoms with Gasteiger partial charge in [-0.15, -0.1) is 0 Å². The van der Waals surface area contributed by atoms with Gasteiger partial charge in [0.15, 0.2) is 17.7 Å². The number of ether oxygens (including phenoxy) is 2. The molecule has 0 N–H and O–H groups in total. The number of halogens is 1. The fraction of sp³-hybridized carbons (Fsp3) is 0.435. The Hall–Kier alpha value is -2.20. The lowest BCUT2D eigenvalue weighted by atomic mass is 9.86. The van der Waals surface area contributed by atoms with Crippen LogP contribution in [-0.4, -0.2) is 24.1 Å². The van der Waals surface area contributed by atoms with Crippen LogP contribution in [0, 0.1) is 5.92 Å². The summed E-state index contributed by atoms with van der Waals surface area (Å²) in [5.41, 5.74) is 3.39. The van der Waals surface area contributed by atoms with Gasteiger partial charge in [-0.1, -0.05) is 55.1 Å². The van der Waals surface area contributed by atoms with Gasteiger partial charge in [0.05, 0.1) is 18.9 Å². The third-order valence-electron chi connectivity index (χ3n) is 6.26. The molecule has 2 heterocycles. The highest BCUT2D eigenvalue weighted by atomic mass is 35.5. The molecule has 0 unspecified atom stereocenters. The first-order valence-corrected chi connectivity index (χ1v) is 10.6. The second kappa shape index (κ2) is 7.32. The lowest BCUT2D eigenvalue weighted by molar-refractivity contribution is -0.0656. The van der Waals surface area contributed by atoms with Gasteiger partial charge in [0.1, 0.15) is 0 Å². The van der Waals surface area contributed by atoms with Gasteiger partial charge in [0.2, 0.25) is 0 Å². The number of benzene rings is 2. The Bertz CT molecular complexity index is 890. The Morgan fingerprint density at radius 2 is 1.86 bits per heavy atom. The average Bonchev–Trinajstić information content (AvgIpc) is 3.19. The number of nitrogens with zero attached hydrogens (tertiary/aromatic N) is 2. The van der Waals surface area contributed by atoms with E-state index < -0.39 is 0 Å². The SMILES string of the molecule is COc1cccc2c1O[C@@H](C1CCCCC1)N1N=C(c3ccc(Cl)cc3)C[C@H]21. The van der Waals surface area contributed by atoms with E-state index in [2.05, 4.69) is 23.2 Å². The first-order valence-electron chi connectivity index (χ1n) is 10.2. The molecule has 5 heteroatoms. The summed E-state index contributed by atoms with van der Waals surface area (Å²) in [6.07, 6.45) is 7.11. The fourth-order valence-electron chi connectivity index (χ4n) is 4.82. The number of hydrazone groups is 1. The van der Waals surface area contributed by atoms with Gasteiger partial charge in [-0.25, -0.2) is 5.01 Å². The van der Waals surface area contributed by atoms with Crippen molar-refractivity contribution in [3.8, 4) is 11.5 Å². The molecule has 2 atom stereocenters. The Kier molecular flexibility index (Phi) is 4.67. The second-order valence-electron chi connectivity index (χ2n) is 7.94. The Morgan fingerprint density at radius 1 is 1.07 bits per heavy atom. The van der Waals surface area contributed by atoms with Gasteiger partial charge in [-0.05, 0) is 36.6 Å². The molecule has 2 aromatic rings. The Morgan fingerprint density at radius 3 is 2.61 bits per heavy atom. The number of hydrogen-bond donors (Lipinski definition) is 0. The van der Waals surface area contributed by atoms with Crippen molar-refractivity contribution in [2.75, 3.05) is 7.11 Å². The molecule has 146 valence electrons. The van der Waals surface area contributed by atoms with Crippen molar-refractivity contribution in [2.45, 2.75) is 50.8 Å². The van der Waals surface area contributed by atoms with E-state index in [0.29, 0.717) is 5.92 Å². The minimum Gasteiger partial charge on any atom is -0.493 e. The van der Waals surface area contributed by atoms with Crippen molar-refractivity contribution < 1.29 is 9.47 Å². The molecule has 1 aliphatic carbocycles. The Balaban J connectivity index is 1.55. The maximum atomic E-state index is 6.58. The number of rotatable bonds is 3. The van der Waals surface area contributed by atoms with E-state index in [1.165, 1.54) is 37.7 Å². The number of hydrogen-bond acceptors (Lipinski definition) is 4. The summed E-state index contributed by atoms with van der Waals surface area (Å²) in [6, 6.07) is 14.4. The molecule has 5 rings (SSSR count). The standard InChI is InChI=1S/C23H25ClN2O2/c1-27-21-9-5-8-18-20-14-19(15-10-12-17(24)13-11-15)25-26(20)23(28-22(18)21)16-6-3-2-4-7-16/h5,8-13,16,20,23H,2-4,6-7,14H2,1H3/t20-,23+/m1/s1. The molecule has 1 saturated carbocycles. The molecule has 0 saturated heterocycles. The summed E-state index contributed by atoms with van der Waals surface area (Å²) in [5.74, 6) is 2.22. The van der Waals surface area contributed by atoms with Crippen LogP contribution in [0.25, 0.3) is 0 Å². The van der Waals surface area contributed by atoms with E-state index in [4.69, 9.17) is 26.2 Å². The maximum absolute atomic E-state index is 6.58. The van der Waals surface area contributed by atoms with Crippen LogP contribution in [-0.2, 0) is 0 Å². The van der Waals surface area contributed by atoms with Crippen LogP contribution in [0.3, 0.4) is 0 Å². The van der Waals surface area contributed by atoms with Crippen molar-refractivity contribution in [1.29, 1.82) is 0 Å². The highest BCUT2D eigenvalue weighted by Gasteiger charge is 2.44. The van der Waals surface area contributed by atoms with E-state index in [1.54, 1.807) is 7.11 Å². The van der Waals surface area contributed by atoms with Gasteiger partial charge in [0, 0.05) is 22.9 Å². The number of fused-ring (bicyclic) bond motifs is 3. The predicted molar refractivity (Wildman–Crippen MR) is 111 cm³/mol. The van der Waals surface area contributed by atoms with E-state index in [0.717, 1.165) is 34.2 Å². The number of methoxy groups -OCH3 is 1. The van der Waals surface area contributed by atoms with Crippen molar-refractivity contribution in [1.82, 2.24) is 5.01 Å². The molecular weight excluding hydrogens is 372 g/mol. The van der Waals surface area contributed by atoms with Crippen molar-refractivity contribution in [3.05, 3.63) is 58.6 Å². The molecule has 0 spiro atoms. The van der Waals surface area contributed by atoms with E-state index >= 15 is 0 Å². The van der Waals surface area contributed by atoms with Gasteiger partial charge < -0.3 is 9.47 Å². The molecule has 1 fully saturated rings. The molecule has 2 aliphatic heterocycles. The smallest absolute Gasteiger partial charge is 0.190 e. The Labute approximate surface area is 171 Å².